The van der Waals surface area contributed by atoms with E-state index in [1.807, 2.05) is 0 Å². The fraction of sp³-hybridized carbons (Fsp3) is 0.125. The summed E-state index contributed by atoms with van der Waals surface area (Å²) in [7, 11) is 2.22. The molecule has 0 amide bonds. The number of carbonyl (C=O) groups excluding carboxylic acids is 2. The molecule has 0 fully saturated rings. The number of halogens is 2. The summed E-state index contributed by atoms with van der Waals surface area (Å²) in [6.07, 6.45) is 1.31. The normalized spacial score (nSPS) is 15.8. The molecule has 1 aliphatic rings. The summed E-state index contributed by atoms with van der Waals surface area (Å²) in [5.74, 6) is -4.73. The van der Waals surface area contributed by atoms with E-state index >= 15 is 0 Å². The molecule has 0 saturated heterocycles. The van der Waals surface area contributed by atoms with Crippen LogP contribution < -0.4 is 20.5 Å². The lowest BCUT2D eigenvalue weighted by molar-refractivity contribution is -0.136. The Hall–Kier alpha value is -4.05. The highest BCUT2D eigenvalue weighted by Gasteiger charge is 2.40. The molecule has 0 unspecified atom stereocenters. The summed E-state index contributed by atoms with van der Waals surface area (Å²) in [5.41, 5.74) is 5.22. The number of fused-ring (bicyclic) bond motifs is 1. The molecule has 10 heteroatoms. The van der Waals surface area contributed by atoms with Gasteiger partial charge in [0.05, 0.1) is 35.8 Å². The van der Waals surface area contributed by atoms with Crippen LogP contribution >= 0.6 is 11.3 Å². The van der Waals surface area contributed by atoms with Crippen molar-refractivity contribution in [2.45, 2.75) is 5.92 Å². The number of esters is 2. The number of nitrogens with two attached hydrogens (primary N) is 1. The van der Waals surface area contributed by atoms with Crippen molar-refractivity contribution in [3.63, 3.8) is 0 Å². The number of carbonyl (C=O) groups is 2. The zero-order valence-electron chi connectivity index (χ0n) is 18.0. The average molecular weight is 484 g/mol. The molecule has 0 saturated carbocycles. The number of methoxy groups -OCH3 is 2. The first-order valence-corrected chi connectivity index (χ1v) is 10.7. The van der Waals surface area contributed by atoms with E-state index in [0.717, 1.165) is 30.1 Å². The van der Waals surface area contributed by atoms with Crippen molar-refractivity contribution in [1.29, 1.82) is 0 Å². The van der Waals surface area contributed by atoms with E-state index in [1.54, 1.807) is 6.07 Å². The van der Waals surface area contributed by atoms with E-state index in [9.17, 15) is 23.2 Å². The van der Waals surface area contributed by atoms with Crippen LogP contribution in [0, 0.1) is 11.6 Å². The lowest BCUT2D eigenvalue weighted by Crippen LogP contribution is -2.41. The summed E-state index contributed by atoms with van der Waals surface area (Å²) in [4.78, 5) is 39.0. The van der Waals surface area contributed by atoms with Gasteiger partial charge >= 0.3 is 11.9 Å². The summed E-state index contributed by atoms with van der Waals surface area (Å²) in [6.45, 7) is 0. The third kappa shape index (κ3) is 3.71. The van der Waals surface area contributed by atoms with Gasteiger partial charge in [0.25, 0.3) is 5.56 Å². The Labute approximate surface area is 195 Å². The number of thiazole rings is 1. The maximum atomic E-state index is 14.9. The van der Waals surface area contributed by atoms with Gasteiger partial charge in [0, 0.05) is 11.1 Å². The molecule has 3 aromatic rings. The molecule has 0 radical (unpaired) electrons. The highest BCUT2D eigenvalue weighted by Crippen LogP contribution is 2.38. The lowest BCUT2D eigenvalue weighted by atomic mass is 9.83. The molecule has 7 nitrogen and oxygen atoms in total. The van der Waals surface area contributed by atoms with Gasteiger partial charge < -0.3 is 15.2 Å². The van der Waals surface area contributed by atoms with Crippen LogP contribution in [0.4, 0.5) is 8.78 Å². The molecule has 1 aliphatic heterocycles. The van der Waals surface area contributed by atoms with Crippen LogP contribution in [0.3, 0.4) is 0 Å². The zero-order chi connectivity index (χ0) is 24.6. The molecule has 2 N–H and O–H groups in total. The fourth-order valence-corrected chi connectivity index (χ4v) is 4.98. The molecule has 0 bridgehead atoms. The fourth-order valence-electron chi connectivity index (χ4n) is 3.82. The molecule has 0 spiro atoms. The van der Waals surface area contributed by atoms with Crippen molar-refractivity contribution in [1.82, 2.24) is 4.57 Å². The molecular formula is C24H18F2N2O5S. The second kappa shape index (κ2) is 9.06. The third-order valence-electron chi connectivity index (χ3n) is 5.37. The van der Waals surface area contributed by atoms with E-state index in [1.165, 1.54) is 48.5 Å². The first kappa shape index (κ1) is 23.1. The number of hydrogen-bond acceptors (Lipinski definition) is 7. The van der Waals surface area contributed by atoms with Crippen molar-refractivity contribution in [2.75, 3.05) is 14.2 Å². The van der Waals surface area contributed by atoms with Gasteiger partial charge in [-0.25, -0.2) is 18.4 Å². The molecular weight excluding hydrogens is 466 g/mol. The molecule has 0 aliphatic carbocycles. The molecule has 4 rings (SSSR count). The summed E-state index contributed by atoms with van der Waals surface area (Å²) in [6, 6.07) is 11.4. The van der Waals surface area contributed by atoms with Crippen LogP contribution in [-0.4, -0.2) is 30.7 Å². The highest BCUT2D eigenvalue weighted by molar-refractivity contribution is 7.07. The number of rotatable bonds is 4. The predicted molar refractivity (Wildman–Crippen MR) is 122 cm³/mol. The quantitative estimate of drug-likeness (QED) is 0.563. The highest BCUT2D eigenvalue weighted by atomic mass is 32.1. The van der Waals surface area contributed by atoms with E-state index in [0.29, 0.717) is 0 Å². The monoisotopic (exact) mass is 484 g/mol. The third-order valence-corrected chi connectivity index (χ3v) is 6.48. The smallest absolute Gasteiger partial charge is 0.338 e. The molecule has 174 valence electrons. The van der Waals surface area contributed by atoms with Crippen molar-refractivity contribution < 1.29 is 27.8 Å². The van der Waals surface area contributed by atoms with Gasteiger partial charge in [-0.1, -0.05) is 36.4 Å². The van der Waals surface area contributed by atoms with Gasteiger partial charge in [0.1, 0.15) is 22.1 Å². The summed E-state index contributed by atoms with van der Waals surface area (Å²) < 4.78 is 39.9. The van der Waals surface area contributed by atoms with Crippen molar-refractivity contribution in [3.05, 3.63) is 96.4 Å². The second-order valence-corrected chi connectivity index (χ2v) is 8.26. The van der Waals surface area contributed by atoms with Gasteiger partial charge in [-0.05, 0) is 18.2 Å². The van der Waals surface area contributed by atoms with Gasteiger partial charge in [-0.2, -0.15) is 0 Å². The zero-order valence-corrected chi connectivity index (χ0v) is 18.8. The lowest BCUT2D eigenvalue weighted by Gasteiger charge is -2.26. The van der Waals surface area contributed by atoms with Gasteiger partial charge in [-0.3, -0.25) is 9.36 Å². The minimum atomic E-state index is -1.31. The first-order valence-electron chi connectivity index (χ1n) is 9.93. The van der Waals surface area contributed by atoms with Crippen molar-refractivity contribution in [3.8, 4) is 0 Å². The Morgan fingerprint density at radius 2 is 1.56 bits per heavy atom. The Kier molecular flexibility index (Phi) is 6.16. The topological polar surface area (TPSA) is 101 Å². The molecule has 2 aromatic carbocycles. The van der Waals surface area contributed by atoms with Crippen LogP contribution in [0.15, 0.2) is 58.9 Å². The number of ether oxygens (including phenoxy) is 2. The Balaban J connectivity index is 2.17. The van der Waals surface area contributed by atoms with Crippen LogP contribution in [-0.2, 0) is 19.1 Å². The van der Waals surface area contributed by atoms with Crippen LogP contribution in [0.1, 0.15) is 17.0 Å². The van der Waals surface area contributed by atoms with Crippen molar-refractivity contribution >= 4 is 40.7 Å². The van der Waals surface area contributed by atoms with Crippen LogP contribution in [0.2, 0.25) is 0 Å². The summed E-state index contributed by atoms with van der Waals surface area (Å²) >= 11 is 0.848. The minimum absolute atomic E-state index is 0.0296. The SMILES string of the molecule is COC(=O)C1=C(N)n2c(s/c(=C/c3ccccc3F)c2=O)=C(C(=O)OC)[C@@H]1c1ccccc1F. The van der Waals surface area contributed by atoms with Gasteiger partial charge in [-0.15, -0.1) is 11.3 Å². The van der Waals surface area contributed by atoms with E-state index in [4.69, 9.17) is 15.2 Å². The first-order chi connectivity index (χ1) is 16.3. The number of benzene rings is 2. The molecule has 1 atom stereocenters. The minimum Gasteiger partial charge on any atom is -0.466 e. The number of nitrogens with zero attached hydrogens (tertiary/aromatic N) is 1. The number of aromatic nitrogens is 1. The molecule has 2 heterocycles. The number of hydrogen-bond donors (Lipinski definition) is 1. The maximum Gasteiger partial charge on any atom is 0.338 e. The largest absolute Gasteiger partial charge is 0.466 e. The molecule has 34 heavy (non-hydrogen) atoms. The molecule has 1 aromatic heterocycles. The second-order valence-electron chi connectivity index (χ2n) is 7.23. The summed E-state index contributed by atoms with van der Waals surface area (Å²) in [5, 5.41) is 0. The van der Waals surface area contributed by atoms with E-state index < -0.39 is 35.1 Å². The standard InChI is InChI=1S/C24H18F2N2O5S/c1-32-23(30)18-17(13-8-4-6-10-15(13)26)19(24(31)33-2)22-28(20(18)27)21(29)16(34-22)11-12-7-3-5-9-14(12)25/h3-11,17H,27H2,1-2H3/b16-11+/t17-/m1/s1. The Morgan fingerprint density at radius 3 is 2.18 bits per heavy atom. The van der Waals surface area contributed by atoms with Crippen molar-refractivity contribution in [2.24, 2.45) is 5.73 Å². The Morgan fingerprint density at radius 1 is 0.971 bits per heavy atom. The van der Waals surface area contributed by atoms with E-state index in [2.05, 4.69) is 0 Å². The Bertz CT molecular complexity index is 1540. The predicted octanol–water partition coefficient (Wildman–Crippen LogP) is 1.44. The van der Waals surface area contributed by atoms with Gasteiger partial charge in [0.15, 0.2) is 0 Å². The van der Waals surface area contributed by atoms with Gasteiger partial charge in [0.2, 0.25) is 0 Å². The van der Waals surface area contributed by atoms with E-state index in [-0.39, 0.29) is 37.3 Å². The van der Waals surface area contributed by atoms with Crippen LogP contribution in [0.25, 0.3) is 17.5 Å². The maximum absolute atomic E-state index is 14.9. The average Bonchev–Trinajstić information content (AvgIpc) is 3.15. The van der Waals surface area contributed by atoms with Crippen LogP contribution in [0.5, 0.6) is 0 Å².